The summed E-state index contributed by atoms with van der Waals surface area (Å²) < 4.78 is 28.3. The molecule has 10 N–H and O–H groups in total. The third-order valence-electron chi connectivity index (χ3n) is 7.67. The second kappa shape index (κ2) is 11.7. The van der Waals surface area contributed by atoms with Gasteiger partial charge in [0.25, 0.3) is 0 Å². The molecule has 12 atom stereocenters. The van der Waals surface area contributed by atoms with Gasteiger partial charge in [-0.3, -0.25) is 0 Å². The molecule has 0 saturated carbocycles. The lowest BCUT2D eigenvalue weighted by Gasteiger charge is -2.46. The van der Waals surface area contributed by atoms with E-state index in [-0.39, 0.29) is 28.4 Å². The van der Waals surface area contributed by atoms with Gasteiger partial charge in [0.1, 0.15) is 65.7 Å². The predicted octanol–water partition coefficient (Wildman–Crippen LogP) is -2.51. The number of phenolic OH excluding ortho intramolecular Hbond substituents is 2. The maximum Gasteiger partial charge on any atom is 0.229 e. The van der Waals surface area contributed by atoms with Gasteiger partial charge in [0, 0.05) is 24.1 Å². The summed E-state index contributed by atoms with van der Waals surface area (Å²) in [4.78, 5) is 0. The monoisotopic (exact) mass is 598 g/mol. The van der Waals surface area contributed by atoms with Crippen LogP contribution in [0, 0.1) is 0 Å². The number of fused-ring (bicyclic) bond motifs is 1. The molecule has 3 aliphatic heterocycles. The standard InChI is InChI=1S/C27H34O15/c1-10-18(31)20(33)22(35)25(38-10)39-13-6-15(30)14-8-27(37,42-26-23(36)21(34)19(32)17(9-28)41-26)24(40-16(14)7-13)11-2-4-12(29)5-3-11/h2-7,10,17-26,28-37H,8-9H2,1H3/t10-,17+,18+,19-,20+,21-,22+,23+,24-,25?,26-,27?/m0/s1. The van der Waals surface area contributed by atoms with Crippen LogP contribution in [0.25, 0.3) is 0 Å². The van der Waals surface area contributed by atoms with Crippen LogP contribution < -0.4 is 9.47 Å². The first-order valence-corrected chi connectivity index (χ1v) is 13.2. The summed E-state index contributed by atoms with van der Waals surface area (Å²) in [7, 11) is 0. The fourth-order valence-corrected chi connectivity index (χ4v) is 5.21. The quantitative estimate of drug-likeness (QED) is 0.154. The minimum atomic E-state index is -2.39. The van der Waals surface area contributed by atoms with Gasteiger partial charge in [0.15, 0.2) is 12.4 Å². The zero-order valence-electron chi connectivity index (χ0n) is 22.2. The van der Waals surface area contributed by atoms with Crippen LogP contribution in [0.2, 0.25) is 0 Å². The SMILES string of the molecule is C[C@@H]1OC(Oc2cc(O)c3c(c2)O[C@@H](c2ccc(O)cc2)C(O)(O[C@@H]2O[C@H](CO)[C@H](O)[C@H](O)[C@H]2O)C3)[C@H](O)[C@H](O)[C@@H]1O. The molecule has 0 radical (unpaired) electrons. The zero-order valence-corrected chi connectivity index (χ0v) is 22.2. The van der Waals surface area contributed by atoms with E-state index in [4.69, 9.17) is 23.7 Å². The Kier molecular flexibility index (Phi) is 8.54. The van der Waals surface area contributed by atoms with Crippen molar-refractivity contribution in [1.82, 2.24) is 0 Å². The number of hydrogen-bond donors (Lipinski definition) is 10. The van der Waals surface area contributed by atoms with Gasteiger partial charge in [-0.1, -0.05) is 12.1 Å². The fraction of sp³-hybridized carbons (Fsp3) is 0.556. The van der Waals surface area contributed by atoms with Gasteiger partial charge < -0.3 is 74.7 Å². The first-order chi connectivity index (χ1) is 19.8. The van der Waals surface area contributed by atoms with Crippen LogP contribution in [-0.2, 0) is 20.6 Å². The molecule has 5 rings (SSSR count). The van der Waals surface area contributed by atoms with E-state index in [0.29, 0.717) is 0 Å². The molecule has 2 aromatic rings. The smallest absolute Gasteiger partial charge is 0.229 e. The third-order valence-corrected chi connectivity index (χ3v) is 7.67. The highest BCUT2D eigenvalue weighted by Crippen LogP contribution is 2.48. The van der Waals surface area contributed by atoms with E-state index in [9.17, 15) is 51.1 Å². The number of phenols is 2. The van der Waals surface area contributed by atoms with Crippen molar-refractivity contribution in [2.24, 2.45) is 0 Å². The van der Waals surface area contributed by atoms with Crippen molar-refractivity contribution < 1.29 is 74.7 Å². The molecule has 2 fully saturated rings. The van der Waals surface area contributed by atoms with Crippen molar-refractivity contribution in [2.75, 3.05) is 6.61 Å². The second-order valence-corrected chi connectivity index (χ2v) is 10.6. The average Bonchev–Trinajstić information content (AvgIpc) is 2.96. The molecule has 3 aliphatic rings. The van der Waals surface area contributed by atoms with E-state index in [1.807, 2.05) is 0 Å². The molecule has 2 saturated heterocycles. The largest absolute Gasteiger partial charge is 0.508 e. The summed E-state index contributed by atoms with van der Waals surface area (Å²) in [5.74, 6) is -2.98. The van der Waals surface area contributed by atoms with E-state index in [1.165, 1.54) is 37.3 Å². The summed E-state index contributed by atoms with van der Waals surface area (Å²) in [6.45, 7) is 0.740. The Hall–Kier alpha value is -2.80. The van der Waals surface area contributed by atoms with Crippen LogP contribution in [0.5, 0.6) is 23.0 Å². The van der Waals surface area contributed by atoms with Gasteiger partial charge in [0.05, 0.1) is 12.7 Å². The van der Waals surface area contributed by atoms with Crippen molar-refractivity contribution in [3.8, 4) is 23.0 Å². The van der Waals surface area contributed by atoms with Crippen molar-refractivity contribution in [3.05, 3.63) is 47.5 Å². The number of aliphatic hydroxyl groups excluding tert-OH is 7. The number of aliphatic hydroxyl groups is 8. The molecular formula is C27H34O15. The molecule has 15 nitrogen and oxygen atoms in total. The molecule has 232 valence electrons. The van der Waals surface area contributed by atoms with Gasteiger partial charge in [-0.05, 0) is 24.6 Å². The summed E-state index contributed by atoms with van der Waals surface area (Å²) in [6, 6.07) is 7.95. The molecule has 2 aromatic carbocycles. The number of ether oxygens (including phenoxy) is 5. The highest BCUT2D eigenvalue weighted by atomic mass is 16.8. The highest BCUT2D eigenvalue weighted by Gasteiger charge is 2.53. The number of benzene rings is 2. The van der Waals surface area contributed by atoms with E-state index in [2.05, 4.69) is 0 Å². The summed E-state index contributed by atoms with van der Waals surface area (Å²) in [6.07, 6.45) is -17.1. The van der Waals surface area contributed by atoms with Gasteiger partial charge in [-0.2, -0.15) is 0 Å². The van der Waals surface area contributed by atoms with E-state index >= 15 is 0 Å². The van der Waals surface area contributed by atoms with Gasteiger partial charge in [-0.25, -0.2) is 0 Å². The summed E-state index contributed by atoms with van der Waals surface area (Å²) >= 11 is 0. The molecule has 15 heteroatoms. The fourth-order valence-electron chi connectivity index (χ4n) is 5.21. The lowest BCUT2D eigenvalue weighted by molar-refractivity contribution is -0.379. The van der Waals surface area contributed by atoms with Gasteiger partial charge >= 0.3 is 0 Å². The average molecular weight is 599 g/mol. The van der Waals surface area contributed by atoms with Crippen LogP contribution in [-0.4, -0.2) is 125 Å². The molecule has 0 aromatic heterocycles. The van der Waals surface area contributed by atoms with Crippen molar-refractivity contribution in [2.45, 2.75) is 86.6 Å². The second-order valence-electron chi connectivity index (χ2n) is 10.6. The number of rotatable bonds is 6. The summed E-state index contributed by atoms with van der Waals surface area (Å²) in [5.41, 5.74) is 0.298. The van der Waals surface area contributed by atoms with Crippen molar-refractivity contribution in [3.63, 3.8) is 0 Å². The Balaban J connectivity index is 1.47. The van der Waals surface area contributed by atoms with Crippen LogP contribution in [0.4, 0.5) is 0 Å². The Bertz CT molecular complexity index is 1240. The maximum atomic E-state index is 11.8. The van der Waals surface area contributed by atoms with E-state index < -0.39 is 92.1 Å². The van der Waals surface area contributed by atoms with Crippen LogP contribution in [0.3, 0.4) is 0 Å². The van der Waals surface area contributed by atoms with Crippen molar-refractivity contribution >= 4 is 0 Å². The molecule has 0 spiro atoms. The molecule has 2 unspecified atom stereocenters. The van der Waals surface area contributed by atoms with E-state index in [1.54, 1.807) is 0 Å². The first kappa shape index (κ1) is 30.7. The van der Waals surface area contributed by atoms with Crippen LogP contribution in [0.1, 0.15) is 24.2 Å². The highest BCUT2D eigenvalue weighted by molar-refractivity contribution is 5.52. The molecule has 0 aliphatic carbocycles. The topological polar surface area (TPSA) is 248 Å². The Morgan fingerprint density at radius 1 is 0.833 bits per heavy atom. The van der Waals surface area contributed by atoms with Crippen LogP contribution >= 0.6 is 0 Å². The minimum Gasteiger partial charge on any atom is -0.508 e. The molecular weight excluding hydrogens is 564 g/mol. The zero-order chi connectivity index (χ0) is 30.5. The van der Waals surface area contributed by atoms with Crippen LogP contribution in [0.15, 0.2) is 36.4 Å². The minimum absolute atomic E-state index is 0.00378. The Morgan fingerprint density at radius 3 is 2.14 bits per heavy atom. The Morgan fingerprint density at radius 2 is 1.48 bits per heavy atom. The normalized spacial score (nSPS) is 40.2. The Labute approximate surface area is 238 Å². The third kappa shape index (κ3) is 5.61. The first-order valence-electron chi connectivity index (χ1n) is 13.2. The number of hydrogen-bond acceptors (Lipinski definition) is 15. The van der Waals surface area contributed by atoms with Gasteiger partial charge in [-0.15, -0.1) is 0 Å². The lowest BCUT2D eigenvalue weighted by atomic mass is 9.90. The predicted molar refractivity (Wildman–Crippen MR) is 136 cm³/mol. The lowest BCUT2D eigenvalue weighted by Crippen LogP contribution is -2.62. The maximum absolute atomic E-state index is 11.8. The van der Waals surface area contributed by atoms with Crippen molar-refractivity contribution in [1.29, 1.82) is 0 Å². The molecule has 42 heavy (non-hydrogen) atoms. The number of aromatic hydroxyl groups is 2. The summed E-state index contributed by atoms with van der Waals surface area (Å²) in [5, 5.41) is 103. The van der Waals surface area contributed by atoms with Gasteiger partial charge in [0.2, 0.25) is 12.1 Å². The molecule has 0 bridgehead atoms. The molecule has 3 heterocycles. The molecule has 0 amide bonds. The van der Waals surface area contributed by atoms with E-state index in [0.717, 1.165) is 6.07 Å².